The van der Waals surface area contributed by atoms with Gasteiger partial charge in [-0.3, -0.25) is 10.00 Å². The van der Waals surface area contributed by atoms with Gasteiger partial charge in [-0.15, -0.1) is 0 Å². The van der Waals surface area contributed by atoms with Crippen LogP contribution in [-0.2, 0) is 0 Å². The maximum absolute atomic E-state index is 5.93. The first-order valence-electron chi connectivity index (χ1n) is 9.22. The second-order valence-corrected chi connectivity index (χ2v) is 6.81. The van der Waals surface area contributed by atoms with Crippen LogP contribution >= 0.6 is 0 Å². The molecule has 1 N–H and O–H groups in total. The summed E-state index contributed by atoms with van der Waals surface area (Å²) in [5.74, 6) is 1.68. The van der Waals surface area contributed by atoms with E-state index in [0.717, 1.165) is 40.4 Å². The number of H-pyrrole nitrogens is 1. The first-order valence-corrected chi connectivity index (χ1v) is 9.22. The fourth-order valence-electron chi connectivity index (χ4n) is 3.02. The molecule has 28 heavy (non-hydrogen) atoms. The van der Waals surface area contributed by atoms with Crippen molar-refractivity contribution >= 4 is 28.1 Å². The standard InChI is InChI=1S/C22H23N5O/c1-26(2)12-13-28-20-7-5-6-18(14-20)27(22-8-3-4-11-23-22)19-10-9-17-16-24-25-21(17)15-19/h3-11,14-16H,12-13H2,1-2H3,(H,24,25). The van der Waals surface area contributed by atoms with E-state index in [4.69, 9.17) is 4.74 Å². The molecule has 0 saturated carbocycles. The number of anilines is 3. The molecule has 2 aromatic carbocycles. The maximum atomic E-state index is 5.93. The lowest BCUT2D eigenvalue weighted by Crippen LogP contribution is -2.19. The van der Waals surface area contributed by atoms with Crippen LogP contribution in [-0.4, -0.2) is 47.3 Å². The molecule has 0 spiro atoms. The second kappa shape index (κ2) is 8.10. The van der Waals surface area contributed by atoms with Crippen LogP contribution in [0.15, 0.2) is 73.1 Å². The second-order valence-electron chi connectivity index (χ2n) is 6.81. The number of ether oxygens (including phenoxy) is 1. The molecule has 0 amide bonds. The average molecular weight is 373 g/mol. The topological polar surface area (TPSA) is 57.3 Å². The van der Waals surface area contributed by atoms with Crippen LogP contribution < -0.4 is 9.64 Å². The van der Waals surface area contributed by atoms with E-state index in [9.17, 15) is 0 Å². The van der Waals surface area contributed by atoms with E-state index in [0.29, 0.717) is 6.61 Å². The molecular formula is C22H23N5O. The molecule has 0 saturated heterocycles. The average Bonchev–Trinajstić information content (AvgIpc) is 3.17. The van der Waals surface area contributed by atoms with Crippen molar-refractivity contribution in [3.05, 3.63) is 73.1 Å². The van der Waals surface area contributed by atoms with E-state index in [1.165, 1.54) is 0 Å². The Hall–Kier alpha value is -3.38. The highest BCUT2D eigenvalue weighted by Gasteiger charge is 2.15. The quantitative estimate of drug-likeness (QED) is 0.521. The zero-order valence-electron chi connectivity index (χ0n) is 16.0. The summed E-state index contributed by atoms with van der Waals surface area (Å²) in [7, 11) is 4.07. The Morgan fingerprint density at radius 1 is 0.964 bits per heavy atom. The molecule has 0 aliphatic rings. The number of nitrogens with zero attached hydrogens (tertiary/aromatic N) is 4. The number of hydrogen-bond donors (Lipinski definition) is 1. The van der Waals surface area contributed by atoms with E-state index < -0.39 is 0 Å². The Morgan fingerprint density at radius 2 is 1.86 bits per heavy atom. The third-order valence-corrected chi connectivity index (χ3v) is 4.45. The van der Waals surface area contributed by atoms with Gasteiger partial charge in [-0.2, -0.15) is 5.10 Å². The van der Waals surface area contributed by atoms with Crippen molar-refractivity contribution in [1.29, 1.82) is 0 Å². The van der Waals surface area contributed by atoms with Gasteiger partial charge in [-0.05, 0) is 56.6 Å². The lowest BCUT2D eigenvalue weighted by Gasteiger charge is -2.24. The highest BCUT2D eigenvalue weighted by molar-refractivity contribution is 5.85. The van der Waals surface area contributed by atoms with E-state index in [1.54, 1.807) is 6.20 Å². The molecular weight excluding hydrogens is 350 g/mol. The molecule has 0 fully saturated rings. The molecule has 0 aliphatic heterocycles. The van der Waals surface area contributed by atoms with Crippen molar-refractivity contribution in [1.82, 2.24) is 20.1 Å². The lowest BCUT2D eigenvalue weighted by molar-refractivity contribution is 0.261. The summed E-state index contributed by atoms with van der Waals surface area (Å²) < 4.78 is 5.93. The number of hydrogen-bond acceptors (Lipinski definition) is 5. The van der Waals surface area contributed by atoms with Crippen LogP contribution in [0.4, 0.5) is 17.2 Å². The minimum atomic E-state index is 0.639. The maximum Gasteiger partial charge on any atom is 0.137 e. The van der Waals surface area contributed by atoms with Crippen LogP contribution in [0.2, 0.25) is 0 Å². The Morgan fingerprint density at radius 3 is 2.68 bits per heavy atom. The Balaban J connectivity index is 1.72. The van der Waals surface area contributed by atoms with Gasteiger partial charge in [0.25, 0.3) is 0 Å². The Bertz CT molecular complexity index is 1040. The van der Waals surface area contributed by atoms with E-state index in [-0.39, 0.29) is 0 Å². The Labute approximate surface area is 164 Å². The summed E-state index contributed by atoms with van der Waals surface area (Å²) in [5.41, 5.74) is 2.97. The molecule has 4 rings (SSSR count). The van der Waals surface area contributed by atoms with Gasteiger partial charge < -0.3 is 9.64 Å². The molecule has 4 aromatic rings. The van der Waals surface area contributed by atoms with Gasteiger partial charge in [0.15, 0.2) is 0 Å². The van der Waals surface area contributed by atoms with Gasteiger partial charge in [0, 0.05) is 29.9 Å². The molecule has 0 atom stereocenters. The first-order chi connectivity index (χ1) is 13.7. The van der Waals surface area contributed by atoms with Gasteiger partial charge >= 0.3 is 0 Å². The van der Waals surface area contributed by atoms with Crippen molar-refractivity contribution < 1.29 is 4.74 Å². The Kier molecular flexibility index (Phi) is 5.21. The molecule has 6 nitrogen and oxygen atoms in total. The van der Waals surface area contributed by atoms with Crippen molar-refractivity contribution in [2.45, 2.75) is 0 Å². The number of aromatic nitrogens is 3. The van der Waals surface area contributed by atoms with Crippen LogP contribution in [0.1, 0.15) is 0 Å². The predicted octanol–water partition coefficient (Wildman–Crippen LogP) is 4.37. The van der Waals surface area contributed by atoms with Gasteiger partial charge in [0.1, 0.15) is 18.2 Å². The smallest absolute Gasteiger partial charge is 0.137 e. The third-order valence-electron chi connectivity index (χ3n) is 4.45. The largest absolute Gasteiger partial charge is 0.492 e. The number of aromatic amines is 1. The van der Waals surface area contributed by atoms with Crippen LogP contribution in [0.3, 0.4) is 0 Å². The highest BCUT2D eigenvalue weighted by Crippen LogP contribution is 2.35. The zero-order chi connectivity index (χ0) is 19.3. The van der Waals surface area contributed by atoms with E-state index >= 15 is 0 Å². The van der Waals surface area contributed by atoms with Gasteiger partial charge in [0.05, 0.1) is 17.4 Å². The fourth-order valence-corrected chi connectivity index (χ4v) is 3.02. The number of benzene rings is 2. The molecule has 0 bridgehead atoms. The van der Waals surface area contributed by atoms with E-state index in [1.807, 2.05) is 56.7 Å². The van der Waals surface area contributed by atoms with Crippen LogP contribution in [0, 0.1) is 0 Å². The summed E-state index contributed by atoms with van der Waals surface area (Å²) in [6, 6.07) is 20.2. The molecule has 6 heteroatoms. The number of nitrogens with one attached hydrogen (secondary N) is 1. The number of pyridine rings is 1. The van der Waals surface area contributed by atoms with Crippen molar-refractivity contribution in [3.63, 3.8) is 0 Å². The molecule has 0 aliphatic carbocycles. The third kappa shape index (κ3) is 3.97. The molecule has 142 valence electrons. The lowest BCUT2D eigenvalue weighted by atomic mass is 10.2. The number of rotatable bonds is 7. The van der Waals surface area contributed by atoms with Crippen LogP contribution in [0.25, 0.3) is 10.9 Å². The SMILES string of the molecule is CN(C)CCOc1cccc(N(c2ccc3cn[nH]c3c2)c2ccccn2)c1. The normalized spacial score (nSPS) is 11.1. The van der Waals surface area contributed by atoms with Crippen molar-refractivity contribution in [2.75, 3.05) is 32.1 Å². The van der Waals surface area contributed by atoms with Gasteiger partial charge in [0.2, 0.25) is 0 Å². The van der Waals surface area contributed by atoms with Crippen LogP contribution in [0.5, 0.6) is 5.75 Å². The fraction of sp³-hybridized carbons (Fsp3) is 0.182. The van der Waals surface area contributed by atoms with Crippen molar-refractivity contribution in [2.24, 2.45) is 0 Å². The predicted molar refractivity (Wildman–Crippen MR) is 113 cm³/mol. The van der Waals surface area contributed by atoms with E-state index in [2.05, 4.69) is 49.2 Å². The number of likely N-dealkylation sites (N-methyl/N-ethyl adjacent to an activating group) is 1. The summed E-state index contributed by atoms with van der Waals surface area (Å²) >= 11 is 0. The summed E-state index contributed by atoms with van der Waals surface area (Å²) in [5, 5.41) is 8.24. The molecule has 0 radical (unpaired) electrons. The van der Waals surface area contributed by atoms with Gasteiger partial charge in [-0.1, -0.05) is 12.1 Å². The van der Waals surface area contributed by atoms with Crippen molar-refractivity contribution in [3.8, 4) is 5.75 Å². The molecule has 2 heterocycles. The monoisotopic (exact) mass is 373 g/mol. The first kappa shape index (κ1) is 18.0. The summed E-state index contributed by atoms with van der Waals surface area (Å²) in [6.45, 7) is 1.50. The zero-order valence-corrected chi connectivity index (χ0v) is 16.0. The minimum absolute atomic E-state index is 0.639. The van der Waals surface area contributed by atoms with Gasteiger partial charge in [-0.25, -0.2) is 4.98 Å². The molecule has 2 aromatic heterocycles. The summed E-state index contributed by atoms with van der Waals surface area (Å²) in [6.07, 6.45) is 3.62. The molecule has 0 unspecified atom stereocenters. The number of fused-ring (bicyclic) bond motifs is 1. The summed E-state index contributed by atoms with van der Waals surface area (Å²) in [4.78, 5) is 8.78. The highest BCUT2D eigenvalue weighted by atomic mass is 16.5. The minimum Gasteiger partial charge on any atom is -0.492 e.